The van der Waals surface area contributed by atoms with Crippen LogP contribution in [0.3, 0.4) is 0 Å². The molecule has 1 aromatic rings. The molecule has 4 nitrogen and oxygen atoms in total. The Kier molecular flexibility index (Phi) is 4.66. The summed E-state index contributed by atoms with van der Waals surface area (Å²) in [7, 11) is 0. The van der Waals surface area contributed by atoms with Crippen LogP contribution in [0.1, 0.15) is 37.8 Å². The zero-order valence-corrected chi connectivity index (χ0v) is 12.0. The minimum Gasteiger partial charge on any atom is -0.308 e. The Labute approximate surface area is 116 Å². The summed E-state index contributed by atoms with van der Waals surface area (Å²) in [5.41, 5.74) is 0.948. The van der Waals surface area contributed by atoms with Gasteiger partial charge in [0.15, 0.2) is 10.2 Å². The highest BCUT2D eigenvalue weighted by molar-refractivity contribution is 7.80. The van der Waals surface area contributed by atoms with Crippen LogP contribution >= 0.6 is 23.6 Å². The van der Waals surface area contributed by atoms with Crippen LogP contribution in [0.15, 0.2) is 5.38 Å². The van der Waals surface area contributed by atoms with Gasteiger partial charge in [-0.15, -0.1) is 11.3 Å². The summed E-state index contributed by atoms with van der Waals surface area (Å²) in [6, 6.07) is 0. The summed E-state index contributed by atoms with van der Waals surface area (Å²) in [6.07, 6.45) is 5.48. The molecular weight excluding hydrogens is 266 g/mol. The van der Waals surface area contributed by atoms with Gasteiger partial charge in [0.1, 0.15) is 0 Å². The van der Waals surface area contributed by atoms with Gasteiger partial charge < -0.3 is 10.6 Å². The van der Waals surface area contributed by atoms with Crippen molar-refractivity contribution in [1.82, 2.24) is 10.3 Å². The van der Waals surface area contributed by atoms with Crippen molar-refractivity contribution in [3.63, 3.8) is 0 Å². The van der Waals surface area contributed by atoms with Crippen LogP contribution in [0, 0.1) is 12.8 Å². The van der Waals surface area contributed by atoms with E-state index in [0.717, 1.165) is 36.5 Å². The van der Waals surface area contributed by atoms with E-state index in [-0.39, 0.29) is 11.8 Å². The minimum absolute atomic E-state index is 0.0421. The smallest absolute Gasteiger partial charge is 0.229 e. The van der Waals surface area contributed by atoms with Crippen LogP contribution in [0.5, 0.6) is 0 Å². The van der Waals surface area contributed by atoms with E-state index in [2.05, 4.69) is 15.6 Å². The maximum atomic E-state index is 11.9. The monoisotopic (exact) mass is 283 g/mol. The summed E-state index contributed by atoms with van der Waals surface area (Å²) >= 11 is 6.59. The van der Waals surface area contributed by atoms with Gasteiger partial charge in [0.05, 0.1) is 5.69 Å². The molecule has 2 rings (SSSR count). The lowest BCUT2D eigenvalue weighted by Crippen LogP contribution is -2.38. The number of rotatable bonds is 2. The van der Waals surface area contributed by atoms with Gasteiger partial charge in [0.25, 0.3) is 0 Å². The number of carbonyl (C=O) groups excluding carboxylic acids is 1. The summed E-state index contributed by atoms with van der Waals surface area (Å²) in [4.78, 5) is 16.2. The second kappa shape index (κ2) is 6.24. The van der Waals surface area contributed by atoms with Gasteiger partial charge in [-0.3, -0.25) is 4.79 Å². The lowest BCUT2D eigenvalue weighted by molar-refractivity contribution is -0.124. The number of anilines is 1. The largest absolute Gasteiger partial charge is 0.308 e. The molecule has 2 N–H and O–H groups in total. The van der Waals surface area contributed by atoms with Crippen molar-refractivity contribution < 1.29 is 4.79 Å². The van der Waals surface area contributed by atoms with Gasteiger partial charge in [-0.1, -0.05) is 19.3 Å². The van der Waals surface area contributed by atoms with Crippen molar-refractivity contribution >= 4 is 39.7 Å². The van der Waals surface area contributed by atoms with E-state index in [1.54, 1.807) is 0 Å². The van der Waals surface area contributed by atoms with Crippen molar-refractivity contribution in [2.45, 2.75) is 39.0 Å². The predicted octanol–water partition coefficient (Wildman–Crippen LogP) is 2.84. The standard InChI is InChI=1S/C12H17N3OS2/c1-8-7-18-12(13-8)15-11(17)14-10(16)9-5-3-2-4-6-9/h7,9H,2-6H2,1H3,(H2,13,14,15,16,17). The second-order valence-electron chi connectivity index (χ2n) is 4.57. The fraction of sp³-hybridized carbons (Fsp3) is 0.583. The molecule has 0 spiro atoms. The minimum atomic E-state index is 0.0421. The zero-order chi connectivity index (χ0) is 13.0. The molecular formula is C12H17N3OS2. The van der Waals surface area contributed by atoms with E-state index < -0.39 is 0 Å². The third-order valence-electron chi connectivity index (χ3n) is 3.05. The zero-order valence-electron chi connectivity index (χ0n) is 10.4. The molecule has 0 radical (unpaired) electrons. The Morgan fingerprint density at radius 2 is 2.17 bits per heavy atom. The summed E-state index contributed by atoms with van der Waals surface area (Å²) in [5.74, 6) is 0.164. The molecule has 0 unspecified atom stereocenters. The van der Waals surface area contributed by atoms with Crippen molar-refractivity contribution in [3.8, 4) is 0 Å². The van der Waals surface area contributed by atoms with Gasteiger partial charge >= 0.3 is 0 Å². The van der Waals surface area contributed by atoms with Gasteiger partial charge in [0.2, 0.25) is 5.91 Å². The second-order valence-corrected chi connectivity index (χ2v) is 5.84. The van der Waals surface area contributed by atoms with E-state index in [4.69, 9.17) is 12.2 Å². The third kappa shape index (κ3) is 3.74. The van der Waals surface area contributed by atoms with Crippen LogP contribution in [0.25, 0.3) is 0 Å². The number of aryl methyl sites for hydroxylation is 1. The summed E-state index contributed by atoms with van der Waals surface area (Å²) in [6.45, 7) is 1.92. The number of hydrogen-bond acceptors (Lipinski definition) is 4. The Bertz CT molecular complexity index is 438. The number of aromatic nitrogens is 1. The van der Waals surface area contributed by atoms with E-state index in [9.17, 15) is 4.79 Å². The fourth-order valence-corrected chi connectivity index (χ4v) is 3.07. The Balaban J connectivity index is 1.81. The first-order valence-electron chi connectivity index (χ1n) is 6.19. The Hall–Kier alpha value is -1.01. The van der Waals surface area contributed by atoms with Crippen molar-refractivity contribution in [2.75, 3.05) is 5.32 Å². The van der Waals surface area contributed by atoms with Gasteiger partial charge in [0, 0.05) is 11.3 Å². The predicted molar refractivity (Wildman–Crippen MR) is 77.8 cm³/mol. The van der Waals surface area contributed by atoms with Crippen LogP contribution in [0.4, 0.5) is 5.13 Å². The molecule has 1 aromatic heterocycles. The number of thiocarbonyl (C=S) groups is 1. The quantitative estimate of drug-likeness (QED) is 0.820. The molecule has 6 heteroatoms. The van der Waals surface area contributed by atoms with Crippen molar-refractivity contribution in [2.24, 2.45) is 5.92 Å². The molecule has 1 saturated carbocycles. The molecule has 0 atom stereocenters. The SMILES string of the molecule is Cc1csc(NC(=S)NC(=O)C2CCCCC2)n1. The number of carbonyl (C=O) groups is 1. The number of amides is 1. The Morgan fingerprint density at radius 3 is 2.78 bits per heavy atom. The molecule has 1 fully saturated rings. The third-order valence-corrected chi connectivity index (χ3v) is 4.13. The normalized spacial score (nSPS) is 16.3. The van der Waals surface area contributed by atoms with E-state index in [0.29, 0.717) is 5.11 Å². The topological polar surface area (TPSA) is 54.0 Å². The maximum Gasteiger partial charge on any atom is 0.229 e. The van der Waals surface area contributed by atoms with E-state index in [1.807, 2.05) is 12.3 Å². The molecule has 18 heavy (non-hydrogen) atoms. The van der Waals surface area contributed by atoms with E-state index in [1.165, 1.54) is 17.8 Å². The molecule has 0 bridgehead atoms. The average molecular weight is 283 g/mol. The number of hydrogen-bond donors (Lipinski definition) is 2. The first-order valence-corrected chi connectivity index (χ1v) is 7.48. The number of thiazole rings is 1. The van der Waals surface area contributed by atoms with Crippen LogP contribution in [-0.2, 0) is 4.79 Å². The summed E-state index contributed by atoms with van der Waals surface area (Å²) < 4.78 is 0. The molecule has 98 valence electrons. The molecule has 0 aliphatic heterocycles. The van der Waals surface area contributed by atoms with Crippen molar-refractivity contribution in [3.05, 3.63) is 11.1 Å². The lowest BCUT2D eigenvalue weighted by Gasteiger charge is -2.20. The summed E-state index contributed by atoms with van der Waals surface area (Å²) in [5, 5.41) is 8.70. The molecule has 1 aliphatic carbocycles. The van der Waals surface area contributed by atoms with Gasteiger partial charge in [-0.25, -0.2) is 4.98 Å². The molecule has 0 aromatic carbocycles. The van der Waals surface area contributed by atoms with Gasteiger partial charge in [-0.05, 0) is 32.0 Å². The van der Waals surface area contributed by atoms with Gasteiger partial charge in [-0.2, -0.15) is 0 Å². The fourth-order valence-electron chi connectivity index (χ4n) is 2.12. The Morgan fingerprint density at radius 1 is 1.44 bits per heavy atom. The first-order chi connectivity index (χ1) is 8.65. The number of nitrogens with zero attached hydrogens (tertiary/aromatic N) is 1. The van der Waals surface area contributed by atoms with Crippen LogP contribution in [-0.4, -0.2) is 16.0 Å². The molecule has 1 heterocycles. The van der Waals surface area contributed by atoms with E-state index >= 15 is 0 Å². The maximum absolute atomic E-state index is 11.9. The first kappa shape index (κ1) is 13.4. The van der Waals surface area contributed by atoms with Crippen LogP contribution < -0.4 is 10.6 Å². The molecule has 0 saturated heterocycles. The highest BCUT2D eigenvalue weighted by Gasteiger charge is 2.21. The lowest BCUT2D eigenvalue weighted by atomic mass is 9.89. The highest BCUT2D eigenvalue weighted by atomic mass is 32.1. The number of nitrogens with one attached hydrogen (secondary N) is 2. The van der Waals surface area contributed by atoms with Crippen molar-refractivity contribution in [1.29, 1.82) is 0 Å². The highest BCUT2D eigenvalue weighted by Crippen LogP contribution is 2.23. The van der Waals surface area contributed by atoms with Crippen LogP contribution in [0.2, 0.25) is 0 Å². The molecule has 1 amide bonds. The molecule has 1 aliphatic rings. The average Bonchev–Trinajstić information content (AvgIpc) is 2.75.